The molecule has 0 saturated carbocycles. The fraction of sp³-hybridized carbons (Fsp3) is 0.143. The zero-order chi connectivity index (χ0) is 23.4. The summed E-state index contributed by atoms with van der Waals surface area (Å²) < 4.78 is 10.7. The number of benzene rings is 2. The standard InChI is InChI=1S/C21H16BrClN2O5S2/c1-11-3-5-13(15(23)7-11)19(27)24-25-20(28)17(32-21(25)31)9-12-4-6-16(14(22)8-12)30-10-18(26)29-2/h3-9H,10H2,1-2H3,(H,24,27)/b17-9+. The molecule has 3 rings (SSSR count). The van der Waals surface area contributed by atoms with Crippen LogP contribution in [0.2, 0.25) is 5.02 Å². The summed E-state index contributed by atoms with van der Waals surface area (Å²) in [6.45, 7) is 1.63. The van der Waals surface area contributed by atoms with E-state index in [0.29, 0.717) is 20.7 Å². The minimum absolute atomic E-state index is 0.190. The number of ether oxygens (including phenoxy) is 2. The Bertz CT molecular complexity index is 1160. The molecule has 2 amide bonds. The maximum atomic E-state index is 12.8. The van der Waals surface area contributed by atoms with Crippen LogP contribution in [0.3, 0.4) is 0 Å². The molecule has 1 aliphatic heterocycles. The van der Waals surface area contributed by atoms with Crippen LogP contribution in [0.25, 0.3) is 6.08 Å². The summed E-state index contributed by atoms with van der Waals surface area (Å²) in [4.78, 5) is 36.9. The fourth-order valence-electron chi connectivity index (χ4n) is 2.60. The smallest absolute Gasteiger partial charge is 0.343 e. The van der Waals surface area contributed by atoms with E-state index in [0.717, 1.165) is 22.3 Å². The van der Waals surface area contributed by atoms with Crippen molar-refractivity contribution in [1.82, 2.24) is 10.4 Å². The molecule has 7 nitrogen and oxygen atoms in total. The van der Waals surface area contributed by atoms with Crippen LogP contribution in [0.5, 0.6) is 5.75 Å². The summed E-state index contributed by atoms with van der Waals surface area (Å²) in [7, 11) is 1.28. The number of halogens is 2. The number of aryl methyl sites for hydroxylation is 1. The molecule has 1 aliphatic rings. The van der Waals surface area contributed by atoms with E-state index in [1.165, 1.54) is 7.11 Å². The summed E-state index contributed by atoms with van der Waals surface area (Å²) in [5.74, 6) is -1.05. The number of hydrogen-bond acceptors (Lipinski definition) is 7. The number of thioether (sulfide) groups is 1. The molecular formula is C21H16BrClN2O5S2. The highest BCUT2D eigenvalue weighted by Gasteiger charge is 2.34. The van der Waals surface area contributed by atoms with Crippen molar-refractivity contribution in [2.45, 2.75) is 6.92 Å². The summed E-state index contributed by atoms with van der Waals surface area (Å²) >= 11 is 15.8. The molecule has 166 valence electrons. The normalized spacial score (nSPS) is 14.6. The molecule has 1 saturated heterocycles. The van der Waals surface area contributed by atoms with Gasteiger partial charge in [0.05, 0.1) is 27.1 Å². The van der Waals surface area contributed by atoms with E-state index in [1.807, 2.05) is 6.92 Å². The molecule has 1 N–H and O–H groups in total. The van der Waals surface area contributed by atoms with Gasteiger partial charge < -0.3 is 9.47 Å². The van der Waals surface area contributed by atoms with Gasteiger partial charge in [-0.05, 0) is 76.5 Å². The van der Waals surface area contributed by atoms with Crippen molar-refractivity contribution in [2.24, 2.45) is 0 Å². The lowest BCUT2D eigenvalue weighted by Crippen LogP contribution is -2.44. The Hall–Kier alpha value is -2.40. The number of amides is 2. The molecule has 0 spiro atoms. The van der Waals surface area contributed by atoms with Gasteiger partial charge in [-0.25, -0.2) is 4.79 Å². The lowest BCUT2D eigenvalue weighted by atomic mass is 10.1. The molecule has 2 aromatic carbocycles. The van der Waals surface area contributed by atoms with Crippen molar-refractivity contribution in [3.8, 4) is 5.75 Å². The molecule has 11 heteroatoms. The number of esters is 1. The van der Waals surface area contributed by atoms with Gasteiger partial charge in [0, 0.05) is 0 Å². The first-order chi connectivity index (χ1) is 15.2. The highest BCUT2D eigenvalue weighted by Crippen LogP contribution is 2.33. The van der Waals surface area contributed by atoms with Gasteiger partial charge in [-0.3, -0.25) is 15.0 Å². The van der Waals surface area contributed by atoms with E-state index in [9.17, 15) is 14.4 Å². The fourth-order valence-corrected chi connectivity index (χ4v) is 4.61. The lowest BCUT2D eigenvalue weighted by Gasteiger charge is -2.16. The second-order valence-corrected chi connectivity index (χ2v) is 9.43. The van der Waals surface area contributed by atoms with Crippen molar-refractivity contribution in [2.75, 3.05) is 13.7 Å². The van der Waals surface area contributed by atoms with Crippen LogP contribution in [0.15, 0.2) is 45.8 Å². The minimum Gasteiger partial charge on any atom is -0.481 e. The second kappa shape index (κ2) is 10.5. The number of thiocarbonyl (C=S) groups is 1. The van der Waals surface area contributed by atoms with Gasteiger partial charge in [0.1, 0.15) is 5.75 Å². The number of hydrogen-bond donors (Lipinski definition) is 1. The number of nitrogens with zero attached hydrogens (tertiary/aromatic N) is 1. The Morgan fingerprint density at radius 3 is 2.69 bits per heavy atom. The average molecular weight is 556 g/mol. The monoisotopic (exact) mass is 554 g/mol. The summed E-state index contributed by atoms with van der Waals surface area (Å²) in [6.07, 6.45) is 1.64. The molecule has 1 heterocycles. The van der Waals surface area contributed by atoms with E-state index in [2.05, 4.69) is 26.1 Å². The Morgan fingerprint density at radius 1 is 1.28 bits per heavy atom. The molecule has 32 heavy (non-hydrogen) atoms. The molecule has 0 bridgehead atoms. The van der Waals surface area contributed by atoms with Crippen LogP contribution in [-0.2, 0) is 14.3 Å². The number of rotatable bonds is 6. The maximum Gasteiger partial charge on any atom is 0.343 e. The third-order valence-corrected chi connectivity index (χ3v) is 6.44. The van der Waals surface area contributed by atoms with E-state index in [1.54, 1.807) is 42.5 Å². The SMILES string of the molecule is COC(=O)COc1ccc(/C=C2/SC(=S)N(NC(=O)c3ccc(C)cc3Cl)C2=O)cc1Br. The van der Waals surface area contributed by atoms with Crippen LogP contribution >= 0.6 is 51.5 Å². The lowest BCUT2D eigenvalue weighted by molar-refractivity contribution is -0.142. The van der Waals surface area contributed by atoms with Crippen LogP contribution < -0.4 is 10.2 Å². The summed E-state index contributed by atoms with van der Waals surface area (Å²) in [5, 5.41) is 1.30. The van der Waals surface area contributed by atoms with E-state index in [4.69, 9.17) is 28.6 Å². The van der Waals surface area contributed by atoms with Gasteiger partial charge in [-0.1, -0.05) is 35.5 Å². The highest BCUT2D eigenvalue weighted by molar-refractivity contribution is 9.10. The summed E-state index contributed by atoms with van der Waals surface area (Å²) in [6, 6.07) is 10.1. The van der Waals surface area contributed by atoms with Crippen molar-refractivity contribution in [3.63, 3.8) is 0 Å². The van der Waals surface area contributed by atoms with Gasteiger partial charge >= 0.3 is 5.97 Å². The molecule has 0 unspecified atom stereocenters. The number of methoxy groups -OCH3 is 1. The van der Waals surface area contributed by atoms with Crippen molar-refractivity contribution >= 4 is 79.7 Å². The molecule has 0 aromatic heterocycles. The molecule has 1 fully saturated rings. The third kappa shape index (κ3) is 5.69. The first kappa shape index (κ1) is 24.2. The average Bonchev–Trinajstić information content (AvgIpc) is 3.00. The predicted octanol–water partition coefficient (Wildman–Crippen LogP) is 4.51. The Morgan fingerprint density at radius 2 is 2.03 bits per heavy atom. The number of carbonyl (C=O) groups is 3. The molecule has 0 aliphatic carbocycles. The van der Waals surface area contributed by atoms with Crippen LogP contribution in [0.1, 0.15) is 21.5 Å². The first-order valence-electron chi connectivity index (χ1n) is 9.04. The summed E-state index contributed by atoms with van der Waals surface area (Å²) in [5.41, 5.74) is 4.35. The van der Waals surface area contributed by atoms with Crippen LogP contribution in [0.4, 0.5) is 0 Å². The number of carbonyl (C=O) groups excluding carboxylic acids is 3. The van der Waals surface area contributed by atoms with E-state index in [-0.39, 0.29) is 21.5 Å². The first-order valence-corrected chi connectivity index (χ1v) is 11.4. The van der Waals surface area contributed by atoms with Gasteiger partial charge in [-0.2, -0.15) is 5.01 Å². The van der Waals surface area contributed by atoms with Crippen LogP contribution in [0, 0.1) is 6.92 Å². The van der Waals surface area contributed by atoms with E-state index < -0.39 is 17.8 Å². The minimum atomic E-state index is -0.539. The van der Waals surface area contributed by atoms with Gasteiger partial charge in [-0.15, -0.1) is 0 Å². The van der Waals surface area contributed by atoms with Crippen molar-refractivity contribution in [3.05, 3.63) is 67.5 Å². The molecule has 2 aromatic rings. The van der Waals surface area contributed by atoms with Gasteiger partial charge in [0.15, 0.2) is 10.9 Å². The molecule has 0 atom stereocenters. The highest BCUT2D eigenvalue weighted by atomic mass is 79.9. The van der Waals surface area contributed by atoms with E-state index >= 15 is 0 Å². The van der Waals surface area contributed by atoms with Crippen LogP contribution in [-0.4, -0.2) is 40.8 Å². The third-order valence-electron chi connectivity index (χ3n) is 4.20. The zero-order valence-electron chi connectivity index (χ0n) is 16.8. The maximum absolute atomic E-state index is 12.8. The quantitative estimate of drug-likeness (QED) is 0.319. The predicted molar refractivity (Wildman–Crippen MR) is 130 cm³/mol. The second-order valence-electron chi connectivity index (χ2n) is 6.50. The molecular weight excluding hydrogens is 540 g/mol. The van der Waals surface area contributed by atoms with Crippen molar-refractivity contribution in [1.29, 1.82) is 0 Å². The topological polar surface area (TPSA) is 84.9 Å². The zero-order valence-corrected chi connectivity index (χ0v) is 20.8. The largest absolute Gasteiger partial charge is 0.481 e. The Balaban J connectivity index is 1.73. The Labute approximate surface area is 207 Å². The molecule has 0 radical (unpaired) electrons. The van der Waals surface area contributed by atoms with Gasteiger partial charge in [0.25, 0.3) is 11.8 Å². The van der Waals surface area contributed by atoms with Gasteiger partial charge in [0.2, 0.25) is 0 Å². The number of hydrazine groups is 1. The Kier molecular flexibility index (Phi) is 7.94. The van der Waals surface area contributed by atoms with Crippen molar-refractivity contribution < 1.29 is 23.9 Å². The number of nitrogens with one attached hydrogen (secondary N) is 1.